The van der Waals surface area contributed by atoms with Crippen LogP contribution in [0, 0.1) is 5.41 Å². The molecule has 1 aromatic carbocycles. The summed E-state index contributed by atoms with van der Waals surface area (Å²) in [5.41, 5.74) is 1.27. The molecule has 1 saturated heterocycles. The predicted molar refractivity (Wildman–Crippen MR) is 77.6 cm³/mol. The van der Waals surface area contributed by atoms with Crippen molar-refractivity contribution in [2.75, 3.05) is 6.54 Å². The number of rotatable bonds is 3. The van der Waals surface area contributed by atoms with E-state index in [-0.39, 0.29) is 23.5 Å². The molecule has 1 fully saturated rings. The Bertz CT molecular complexity index is 436. The lowest BCUT2D eigenvalue weighted by Crippen LogP contribution is -2.37. The Labute approximate surface area is 116 Å². The minimum atomic E-state index is -0.0486. The molecule has 2 unspecified atom stereocenters. The number of carbonyl (C=O) groups is 1. The van der Waals surface area contributed by atoms with Crippen molar-refractivity contribution in [2.45, 2.75) is 46.3 Å². The lowest BCUT2D eigenvalue weighted by atomic mass is 9.95. The van der Waals surface area contributed by atoms with Gasteiger partial charge in [-0.15, -0.1) is 0 Å². The third-order valence-electron chi connectivity index (χ3n) is 3.42. The molecule has 19 heavy (non-hydrogen) atoms. The summed E-state index contributed by atoms with van der Waals surface area (Å²) in [6.07, 6.45) is 0.848. The van der Waals surface area contributed by atoms with Crippen molar-refractivity contribution in [2.24, 2.45) is 5.41 Å². The fraction of sp³-hybridized carbons (Fsp3) is 0.562. The van der Waals surface area contributed by atoms with E-state index in [0.717, 1.165) is 18.5 Å². The number of carbonyl (C=O) groups excluding carboxylic acids is 1. The Morgan fingerprint density at radius 3 is 2.37 bits per heavy atom. The van der Waals surface area contributed by atoms with Crippen LogP contribution in [0.15, 0.2) is 30.3 Å². The van der Waals surface area contributed by atoms with Gasteiger partial charge in [0, 0.05) is 6.54 Å². The fourth-order valence-electron chi connectivity index (χ4n) is 2.56. The number of amides is 1. The second-order valence-corrected chi connectivity index (χ2v) is 6.47. The van der Waals surface area contributed by atoms with Crippen LogP contribution in [0.1, 0.15) is 45.8 Å². The quantitative estimate of drug-likeness (QED) is 0.906. The third kappa shape index (κ3) is 3.16. The maximum atomic E-state index is 12.5. The van der Waals surface area contributed by atoms with Gasteiger partial charge < -0.3 is 4.90 Å². The molecule has 2 rings (SSSR count). The number of hydrogen-bond acceptors (Lipinski definition) is 2. The molecular weight excluding hydrogens is 236 g/mol. The molecule has 1 aliphatic heterocycles. The molecule has 0 spiro atoms. The molecule has 2 atom stereocenters. The van der Waals surface area contributed by atoms with Crippen LogP contribution in [0.5, 0.6) is 0 Å². The van der Waals surface area contributed by atoms with Gasteiger partial charge in [-0.2, -0.15) is 0 Å². The van der Waals surface area contributed by atoms with E-state index in [4.69, 9.17) is 0 Å². The Balaban J connectivity index is 2.27. The molecule has 1 heterocycles. The van der Waals surface area contributed by atoms with Crippen LogP contribution < -0.4 is 5.32 Å². The van der Waals surface area contributed by atoms with Gasteiger partial charge >= 0.3 is 0 Å². The molecule has 1 amide bonds. The van der Waals surface area contributed by atoms with Crippen LogP contribution in [-0.2, 0) is 4.79 Å². The van der Waals surface area contributed by atoms with Gasteiger partial charge in [0.2, 0.25) is 5.91 Å². The van der Waals surface area contributed by atoms with Gasteiger partial charge in [-0.3, -0.25) is 10.1 Å². The number of benzene rings is 1. The maximum absolute atomic E-state index is 12.5. The Morgan fingerprint density at radius 2 is 1.84 bits per heavy atom. The Morgan fingerprint density at radius 1 is 1.21 bits per heavy atom. The van der Waals surface area contributed by atoms with Gasteiger partial charge in [0.15, 0.2) is 0 Å². The second-order valence-electron chi connectivity index (χ2n) is 6.47. The highest BCUT2D eigenvalue weighted by Gasteiger charge is 2.39. The van der Waals surface area contributed by atoms with Crippen LogP contribution in [-0.4, -0.2) is 23.4 Å². The summed E-state index contributed by atoms with van der Waals surface area (Å²) >= 11 is 0. The molecule has 0 aromatic heterocycles. The van der Waals surface area contributed by atoms with Crippen molar-refractivity contribution < 1.29 is 4.79 Å². The topological polar surface area (TPSA) is 32.3 Å². The summed E-state index contributed by atoms with van der Waals surface area (Å²) in [6.45, 7) is 9.33. The van der Waals surface area contributed by atoms with E-state index in [0.29, 0.717) is 0 Å². The molecular formula is C16H24N2O. The minimum Gasteiger partial charge on any atom is -0.321 e. The zero-order valence-electron chi connectivity index (χ0n) is 12.3. The van der Waals surface area contributed by atoms with E-state index in [9.17, 15) is 4.79 Å². The first-order chi connectivity index (χ1) is 8.92. The van der Waals surface area contributed by atoms with Crippen LogP contribution in [0.3, 0.4) is 0 Å². The monoisotopic (exact) mass is 260 g/mol. The van der Waals surface area contributed by atoms with Gasteiger partial charge in [0.05, 0.1) is 6.04 Å². The molecule has 104 valence electrons. The molecule has 1 aromatic rings. The van der Waals surface area contributed by atoms with Crippen molar-refractivity contribution in [1.82, 2.24) is 10.2 Å². The fourth-order valence-corrected chi connectivity index (χ4v) is 2.56. The minimum absolute atomic E-state index is 0.0119. The molecule has 0 bridgehead atoms. The average molecular weight is 260 g/mol. The van der Waals surface area contributed by atoms with Crippen molar-refractivity contribution in [1.29, 1.82) is 0 Å². The van der Waals surface area contributed by atoms with E-state index < -0.39 is 0 Å². The smallest absolute Gasteiger partial charge is 0.241 e. The van der Waals surface area contributed by atoms with Gasteiger partial charge in [0.25, 0.3) is 0 Å². The summed E-state index contributed by atoms with van der Waals surface area (Å²) < 4.78 is 0. The van der Waals surface area contributed by atoms with E-state index >= 15 is 0 Å². The standard InChI is InChI=1S/C16H24N2O/c1-5-13-15(19)18(11-16(2,3)4)14(17-13)12-9-7-6-8-10-12/h6-10,13-14,17H,5,11H2,1-4H3. The van der Waals surface area contributed by atoms with Crippen molar-refractivity contribution in [3.8, 4) is 0 Å². The van der Waals surface area contributed by atoms with E-state index in [2.05, 4.69) is 45.1 Å². The first-order valence-electron chi connectivity index (χ1n) is 7.04. The van der Waals surface area contributed by atoms with Gasteiger partial charge in [-0.1, -0.05) is 58.0 Å². The van der Waals surface area contributed by atoms with Crippen molar-refractivity contribution in [3.63, 3.8) is 0 Å². The summed E-state index contributed by atoms with van der Waals surface area (Å²) in [5, 5.41) is 3.46. The van der Waals surface area contributed by atoms with E-state index in [1.165, 1.54) is 0 Å². The first kappa shape index (κ1) is 14.1. The highest BCUT2D eigenvalue weighted by molar-refractivity contribution is 5.84. The zero-order valence-corrected chi connectivity index (χ0v) is 12.3. The summed E-state index contributed by atoms with van der Waals surface area (Å²) in [5.74, 6) is 0.228. The average Bonchev–Trinajstić information content (AvgIpc) is 2.66. The molecule has 3 nitrogen and oxygen atoms in total. The summed E-state index contributed by atoms with van der Waals surface area (Å²) in [4.78, 5) is 14.5. The predicted octanol–water partition coefficient (Wildman–Crippen LogP) is 2.94. The van der Waals surface area contributed by atoms with E-state index in [1.54, 1.807) is 0 Å². The normalized spacial score (nSPS) is 24.0. The van der Waals surface area contributed by atoms with Gasteiger partial charge in [-0.05, 0) is 17.4 Å². The van der Waals surface area contributed by atoms with Crippen molar-refractivity contribution in [3.05, 3.63) is 35.9 Å². The molecule has 0 saturated carbocycles. The second kappa shape index (κ2) is 5.33. The SMILES string of the molecule is CCC1NC(c2ccccc2)N(CC(C)(C)C)C1=O. The lowest BCUT2D eigenvalue weighted by molar-refractivity contribution is -0.131. The first-order valence-corrected chi connectivity index (χ1v) is 7.04. The van der Waals surface area contributed by atoms with Crippen LogP contribution in [0.4, 0.5) is 0 Å². The summed E-state index contributed by atoms with van der Waals surface area (Å²) in [7, 11) is 0. The maximum Gasteiger partial charge on any atom is 0.241 e. The number of nitrogens with zero attached hydrogens (tertiary/aromatic N) is 1. The number of nitrogens with one attached hydrogen (secondary N) is 1. The van der Waals surface area contributed by atoms with Crippen LogP contribution >= 0.6 is 0 Å². The molecule has 1 aliphatic rings. The lowest BCUT2D eigenvalue weighted by Gasteiger charge is -2.31. The Hall–Kier alpha value is -1.35. The molecule has 0 aliphatic carbocycles. The van der Waals surface area contributed by atoms with Crippen LogP contribution in [0.2, 0.25) is 0 Å². The summed E-state index contributed by atoms with van der Waals surface area (Å²) in [6, 6.07) is 10.2. The molecule has 1 N–H and O–H groups in total. The number of hydrogen-bond donors (Lipinski definition) is 1. The molecule has 0 radical (unpaired) electrons. The highest BCUT2D eigenvalue weighted by Crippen LogP contribution is 2.29. The van der Waals surface area contributed by atoms with Crippen molar-refractivity contribution >= 4 is 5.91 Å². The molecule has 3 heteroatoms. The Kier molecular flexibility index (Phi) is 3.95. The third-order valence-corrected chi connectivity index (χ3v) is 3.42. The van der Waals surface area contributed by atoms with Crippen LogP contribution in [0.25, 0.3) is 0 Å². The largest absolute Gasteiger partial charge is 0.321 e. The van der Waals surface area contributed by atoms with Gasteiger partial charge in [0.1, 0.15) is 6.17 Å². The highest BCUT2D eigenvalue weighted by atomic mass is 16.2. The van der Waals surface area contributed by atoms with E-state index in [1.807, 2.05) is 23.1 Å². The van der Waals surface area contributed by atoms with Gasteiger partial charge in [-0.25, -0.2) is 0 Å². The zero-order chi connectivity index (χ0) is 14.0.